The van der Waals surface area contributed by atoms with Gasteiger partial charge in [0.1, 0.15) is 0 Å². The molecule has 5 nitrogen and oxygen atoms in total. The van der Waals surface area contributed by atoms with Gasteiger partial charge in [-0.2, -0.15) is 0 Å². The van der Waals surface area contributed by atoms with Crippen LogP contribution in [0.1, 0.15) is 10.4 Å². The van der Waals surface area contributed by atoms with Gasteiger partial charge in [-0.15, -0.1) is 0 Å². The number of para-hydroxylation sites is 2. The fourth-order valence-corrected chi connectivity index (χ4v) is 2.84. The van der Waals surface area contributed by atoms with Crippen molar-refractivity contribution in [3.8, 4) is 0 Å². The summed E-state index contributed by atoms with van der Waals surface area (Å²) in [6.45, 7) is 2.95. The molecule has 0 radical (unpaired) electrons. The number of nitrogens with zero attached hydrogens (tertiary/aromatic N) is 2. The number of anilines is 2. The van der Waals surface area contributed by atoms with Crippen LogP contribution in [0, 0.1) is 0 Å². The van der Waals surface area contributed by atoms with Crippen LogP contribution in [-0.2, 0) is 4.79 Å². The van der Waals surface area contributed by atoms with Gasteiger partial charge in [-0.3, -0.25) is 9.59 Å². The molecule has 1 fully saturated rings. The lowest BCUT2D eigenvalue weighted by Crippen LogP contribution is -2.48. The second-order valence-corrected chi connectivity index (χ2v) is 5.42. The molecule has 0 saturated carbocycles. The number of hydrogen-bond donors (Lipinski definition) is 1. The van der Waals surface area contributed by atoms with Crippen molar-refractivity contribution in [2.45, 2.75) is 0 Å². The topological polar surface area (TPSA) is 52.7 Å². The molecule has 1 saturated heterocycles. The lowest BCUT2D eigenvalue weighted by atomic mass is 10.1. The van der Waals surface area contributed by atoms with Crippen molar-refractivity contribution in [2.24, 2.45) is 0 Å². The predicted octanol–water partition coefficient (Wildman–Crippen LogP) is 2.22. The third kappa shape index (κ3) is 3.34. The van der Waals surface area contributed by atoms with E-state index in [4.69, 9.17) is 0 Å². The van der Waals surface area contributed by atoms with Crippen LogP contribution in [0.15, 0.2) is 54.6 Å². The van der Waals surface area contributed by atoms with E-state index in [0.717, 1.165) is 13.1 Å². The molecular formula is C18H19N3O2. The van der Waals surface area contributed by atoms with E-state index in [9.17, 15) is 9.59 Å². The van der Waals surface area contributed by atoms with Gasteiger partial charge in [0.15, 0.2) is 0 Å². The van der Waals surface area contributed by atoms with E-state index < -0.39 is 0 Å². The number of benzene rings is 2. The van der Waals surface area contributed by atoms with E-state index in [-0.39, 0.29) is 5.91 Å². The van der Waals surface area contributed by atoms with Crippen LogP contribution in [0.5, 0.6) is 0 Å². The van der Waals surface area contributed by atoms with Gasteiger partial charge in [0.25, 0.3) is 5.91 Å². The van der Waals surface area contributed by atoms with Crippen molar-refractivity contribution in [2.75, 3.05) is 36.4 Å². The lowest BCUT2D eigenvalue weighted by Gasteiger charge is -2.36. The van der Waals surface area contributed by atoms with E-state index in [0.29, 0.717) is 30.8 Å². The minimum atomic E-state index is -0.0392. The lowest BCUT2D eigenvalue weighted by molar-refractivity contribution is -0.105. The zero-order valence-corrected chi connectivity index (χ0v) is 12.8. The molecule has 0 bridgehead atoms. The van der Waals surface area contributed by atoms with Crippen molar-refractivity contribution >= 4 is 23.7 Å². The average Bonchev–Trinajstić information content (AvgIpc) is 2.63. The van der Waals surface area contributed by atoms with Gasteiger partial charge in [-0.05, 0) is 24.3 Å². The number of amides is 2. The molecule has 1 N–H and O–H groups in total. The Kier molecular flexibility index (Phi) is 4.57. The standard InChI is InChI=1S/C18H19N3O2/c22-14-19-17-9-5-4-8-16(17)18(23)21-12-10-20(11-13-21)15-6-2-1-3-7-15/h1-9,14H,10-13H2,(H,19,22). The van der Waals surface area contributed by atoms with Crippen LogP contribution < -0.4 is 10.2 Å². The summed E-state index contributed by atoms with van der Waals surface area (Å²) in [5.74, 6) is -0.0392. The molecule has 1 aliphatic heterocycles. The molecule has 118 valence electrons. The number of nitrogens with one attached hydrogen (secondary N) is 1. The zero-order chi connectivity index (χ0) is 16.1. The van der Waals surface area contributed by atoms with Crippen LogP contribution in [0.4, 0.5) is 11.4 Å². The van der Waals surface area contributed by atoms with E-state index in [1.54, 1.807) is 18.2 Å². The first-order chi connectivity index (χ1) is 11.3. The first-order valence-electron chi connectivity index (χ1n) is 7.68. The fraction of sp³-hybridized carbons (Fsp3) is 0.222. The maximum Gasteiger partial charge on any atom is 0.256 e. The minimum absolute atomic E-state index is 0.0392. The van der Waals surface area contributed by atoms with Crippen LogP contribution in [0.25, 0.3) is 0 Å². The highest BCUT2D eigenvalue weighted by molar-refractivity contribution is 6.01. The largest absolute Gasteiger partial charge is 0.368 e. The summed E-state index contributed by atoms with van der Waals surface area (Å²) < 4.78 is 0. The molecule has 5 heteroatoms. The Morgan fingerprint density at radius 1 is 0.913 bits per heavy atom. The van der Waals surface area contributed by atoms with Crippen LogP contribution in [0.3, 0.4) is 0 Å². The Morgan fingerprint density at radius 3 is 2.26 bits per heavy atom. The maximum absolute atomic E-state index is 12.7. The molecule has 2 amide bonds. The van der Waals surface area contributed by atoms with Gasteiger partial charge in [0, 0.05) is 31.9 Å². The Bertz CT molecular complexity index is 680. The molecule has 0 atom stereocenters. The average molecular weight is 309 g/mol. The number of rotatable bonds is 4. The minimum Gasteiger partial charge on any atom is -0.368 e. The van der Waals surface area contributed by atoms with Gasteiger partial charge >= 0.3 is 0 Å². The smallest absolute Gasteiger partial charge is 0.256 e. The summed E-state index contributed by atoms with van der Waals surface area (Å²) in [6.07, 6.45) is 0.597. The van der Waals surface area contributed by atoms with Crippen LogP contribution >= 0.6 is 0 Å². The quantitative estimate of drug-likeness (QED) is 0.881. The number of carbonyl (C=O) groups is 2. The van der Waals surface area contributed by atoms with Crippen molar-refractivity contribution in [1.82, 2.24) is 4.90 Å². The van der Waals surface area contributed by atoms with E-state index in [2.05, 4.69) is 22.3 Å². The molecule has 2 aromatic rings. The van der Waals surface area contributed by atoms with Gasteiger partial charge in [-0.25, -0.2) is 0 Å². The highest BCUT2D eigenvalue weighted by Gasteiger charge is 2.23. The molecule has 23 heavy (non-hydrogen) atoms. The third-order valence-corrected chi connectivity index (χ3v) is 4.06. The molecule has 0 unspecified atom stereocenters. The van der Waals surface area contributed by atoms with Crippen molar-refractivity contribution in [3.05, 3.63) is 60.2 Å². The second-order valence-electron chi connectivity index (χ2n) is 5.42. The van der Waals surface area contributed by atoms with E-state index in [1.807, 2.05) is 29.2 Å². The summed E-state index contributed by atoms with van der Waals surface area (Å²) in [5, 5.41) is 2.59. The Morgan fingerprint density at radius 2 is 1.57 bits per heavy atom. The first kappa shape index (κ1) is 15.1. The summed E-state index contributed by atoms with van der Waals surface area (Å²) in [4.78, 5) is 27.5. The molecule has 0 aliphatic carbocycles. The fourth-order valence-electron chi connectivity index (χ4n) is 2.84. The Balaban J connectivity index is 1.68. The monoisotopic (exact) mass is 309 g/mol. The molecule has 2 aromatic carbocycles. The van der Waals surface area contributed by atoms with E-state index in [1.165, 1.54) is 5.69 Å². The molecule has 1 heterocycles. The van der Waals surface area contributed by atoms with Gasteiger partial charge < -0.3 is 15.1 Å². The van der Waals surface area contributed by atoms with Crippen LogP contribution in [-0.4, -0.2) is 43.4 Å². The van der Waals surface area contributed by atoms with Gasteiger partial charge in [-0.1, -0.05) is 30.3 Å². The summed E-state index contributed by atoms with van der Waals surface area (Å²) in [6, 6.07) is 17.3. The zero-order valence-electron chi connectivity index (χ0n) is 12.8. The molecule has 0 spiro atoms. The number of hydrogen-bond acceptors (Lipinski definition) is 3. The molecule has 3 rings (SSSR count). The normalized spacial score (nSPS) is 14.4. The predicted molar refractivity (Wildman–Crippen MR) is 90.7 cm³/mol. The second kappa shape index (κ2) is 6.96. The Hall–Kier alpha value is -2.82. The van der Waals surface area contributed by atoms with Gasteiger partial charge in [0.2, 0.25) is 6.41 Å². The van der Waals surface area contributed by atoms with Crippen LogP contribution in [0.2, 0.25) is 0 Å². The molecular weight excluding hydrogens is 290 g/mol. The maximum atomic E-state index is 12.7. The van der Waals surface area contributed by atoms with Gasteiger partial charge in [0.05, 0.1) is 11.3 Å². The number of carbonyl (C=O) groups excluding carboxylic acids is 2. The summed E-state index contributed by atoms with van der Waals surface area (Å²) in [7, 11) is 0. The van der Waals surface area contributed by atoms with Crippen molar-refractivity contribution in [3.63, 3.8) is 0 Å². The first-order valence-corrected chi connectivity index (χ1v) is 7.68. The van der Waals surface area contributed by atoms with Crippen molar-refractivity contribution < 1.29 is 9.59 Å². The molecule has 0 aromatic heterocycles. The summed E-state index contributed by atoms with van der Waals surface area (Å²) >= 11 is 0. The van der Waals surface area contributed by atoms with E-state index >= 15 is 0 Å². The SMILES string of the molecule is O=CNc1ccccc1C(=O)N1CCN(c2ccccc2)CC1. The molecule has 1 aliphatic rings. The number of piperazine rings is 1. The highest BCUT2D eigenvalue weighted by Crippen LogP contribution is 2.20. The third-order valence-electron chi connectivity index (χ3n) is 4.06. The van der Waals surface area contributed by atoms with Crippen molar-refractivity contribution in [1.29, 1.82) is 0 Å². The summed E-state index contributed by atoms with van der Waals surface area (Å²) in [5.41, 5.74) is 2.27. The highest BCUT2D eigenvalue weighted by atomic mass is 16.2. The Labute approximate surface area is 135 Å².